The summed E-state index contributed by atoms with van der Waals surface area (Å²) in [5.41, 5.74) is 1.68. The van der Waals surface area contributed by atoms with Crippen LogP contribution in [0.4, 0.5) is 0 Å². The van der Waals surface area contributed by atoms with Crippen LogP contribution in [0.1, 0.15) is 60.7 Å². The fourth-order valence-corrected chi connectivity index (χ4v) is 4.13. The number of hydrogen-bond donors (Lipinski definition) is 0. The monoisotopic (exact) mass is 429 g/mol. The van der Waals surface area contributed by atoms with Gasteiger partial charge in [0.15, 0.2) is 5.82 Å². The highest BCUT2D eigenvalue weighted by molar-refractivity contribution is 5.96. The van der Waals surface area contributed by atoms with Crippen molar-refractivity contribution in [3.05, 3.63) is 82.3 Å². The Morgan fingerprint density at radius 2 is 1.97 bits per heavy atom. The number of likely N-dealkylation sites (tertiary alicyclic amines) is 1. The standard InChI is InChI=1S/C25H23N3O4/c1-15(2)22-26-23(32-27-22)20-10-6-12-28(20)24(29)18-9-5-8-16(13-18)19-14-17-7-3-4-11-21(17)31-25(19)30/h3-5,7-9,11,13-15,20H,6,10,12H2,1-2H3/t20-/m0/s1. The van der Waals surface area contributed by atoms with Crippen molar-refractivity contribution in [3.63, 3.8) is 0 Å². The number of fused-ring (bicyclic) bond motifs is 1. The molecule has 5 rings (SSSR count). The Kier molecular flexibility index (Phi) is 5.09. The van der Waals surface area contributed by atoms with E-state index in [1.54, 1.807) is 35.2 Å². The molecule has 1 amide bonds. The van der Waals surface area contributed by atoms with Crippen molar-refractivity contribution < 1.29 is 13.7 Å². The Labute approximate surface area is 184 Å². The minimum absolute atomic E-state index is 0.121. The van der Waals surface area contributed by atoms with Crippen molar-refractivity contribution >= 4 is 16.9 Å². The molecule has 1 saturated heterocycles. The molecule has 0 N–H and O–H groups in total. The summed E-state index contributed by atoms with van der Waals surface area (Å²) in [7, 11) is 0. The molecule has 4 aromatic rings. The molecule has 1 aliphatic heterocycles. The zero-order valence-electron chi connectivity index (χ0n) is 17.9. The molecule has 32 heavy (non-hydrogen) atoms. The van der Waals surface area contributed by atoms with E-state index in [2.05, 4.69) is 10.1 Å². The van der Waals surface area contributed by atoms with Gasteiger partial charge in [0, 0.05) is 23.4 Å². The average molecular weight is 429 g/mol. The third kappa shape index (κ3) is 3.60. The number of hydrogen-bond acceptors (Lipinski definition) is 6. The lowest BCUT2D eigenvalue weighted by atomic mass is 10.0. The summed E-state index contributed by atoms with van der Waals surface area (Å²) in [6.45, 7) is 4.62. The van der Waals surface area contributed by atoms with Gasteiger partial charge in [0.05, 0.1) is 5.56 Å². The van der Waals surface area contributed by atoms with Crippen LogP contribution in [0.3, 0.4) is 0 Å². The molecule has 0 saturated carbocycles. The minimum atomic E-state index is -0.431. The van der Waals surface area contributed by atoms with Crippen LogP contribution in [0.15, 0.2) is 68.3 Å². The van der Waals surface area contributed by atoms with Gasteiger partial charge in [0.1, 0.15) is 11.6 Å². The third-order valence-electron chi connectivity index (χ3n) is 5.83. The van der Waals surface area contributed by atoms with Gasteiger partial charge < -0.3 is 13.8 Å². The summed E-state index contributed by atoms with van der Waals surface area (Å²) < 4.78 is 10.9. The quantitative estimate of drug-likeness (QED) is 0.427. The summed E-state index contributed by atoms with van der Waals surface area (Å²) in [6.07, 6.45) is 1.64. The summed E-state index contributed by atoms with van der Waals surface area (Å²) in [5.74, 6) is 1.16. The Bertz CT molecular complexity index is 1350. The van der Waals surface area contributed by atoms with E-state index >= 15 is 0 Å². The first-order valence-corrected chi connectivity index (χ1v) is 10.8. The van der Waals surface area contributed by atoms with Crippen LogP contribution in [-0.4, -0.2) is 27.5 Å². The van der Waals surface area contributed by atoms with Gasteiger partial charge in [-0.15, -0.1) is 0 Å². The van der Waals surface area contributed by atoms with Gasteiger partial charge >= 0.3 is 5.63 Å². The highest BCUT2D eigenvalue weighted by Gasteiger charge is 2.34. The highest BCUT2D eigenvalue weighted by atomic mass is 16.5. The summed E-state index contributed by atoms with van der Waals surface area (Å²) in [6, 6.07) is 16.0. The molecule has 2 aromatic heterocycles. The van der Waals surface area contributed by atoms with Crippen LogP contribution in [0.5, 0.6) is 0 Å². The molecule has 2 aromatic carbocycles. The zero-order chi connectivity index (χ0) is 22.2. The van der Waals surface area contributed by atoms with Crippen molar-refractivity contribution in [2.75, 3.05) is 6.54 Å². The number of aromatic nitrogens is 2. The maximum Gasteiger partial charge on any atom is 0.344 e. The number of nitrogens with zero attached hydrogens (tertiary/aromatic N) is 3. The Morgan fingerprint density at radius 3 is 2.78 bits per heavy atom. The van der Waals surface area contributed by atoms with E-state index in [-0.39, 0.29) is 17.9 Å². The van der Waals surface area contributed by atoms with Crippen molar-refractivity contribution in [3.8, 4) is 11.1 Å². The summed E-state index contributed by atoms with van der Waals surface area (Å²) in [5, 5.41) is 4.88. The van der Waals surface area contributed by atoms with Crippen LogP contribution >= 0.6 is 0 Å². The molecule has 1 atom stereocenters. The predicted octanol–water partition coefficient (Wildman–Crippen LogP) is 4.94. The number of carbonyl (C=O) groups excluding carboxylic acids is 1. The van der Waals surface area contributed by atoms with E-state index in [1.165, 1.54) is 0 Å². The van der Waals surface area contributed by atoms with E-state index in [9.17, 15) is 9.59 Å². The number of benzene rings is 2. The lowest BCUT2D eigenvalue weighted by molar-refractivity contribution is 0.0710. The molecular weight excluding hydrogens is 406 g/mol. The van der Waals surface area contributed by atoms with E-state index in [0.717, 1.165) is 18.2 Å². The SMILES string of the molecule is CC(C)c1noc([C@@H]2CCCN2C(=O)c2cccc(-c3cc4ccccc4oc3=O)c2)n1. The number of rotatable bonds is 4. The Morgan fingerprint density at radius 1 is 1.12 bits per heavy atom. The van der Waals surface area contributed by atoms with E-state index < -0.39 is 5.63 Å². The van der Waals surface area contributed by atoms with E-state index in [4.69, 9.17) is 8.94 Å². The first kappa shape index (κ1) is 20.2. The molecule has 0 radical (unpaired) electrons. The van der Waals surface area contributed by atoms with E-state index in [0.29, 0.717) is 40.5 Å². The lowest BCUT2D eigenvalue weighted by Gasteiger charge is -2.22. The van der Waals surface area contributed by atoms with Crippen LogP contribution in [-0.2, 0) is 0 Å². The van der Waals surface area contributed by atoms with Gasteiger partial charge in [0.25, 0.3) is 5.91 Å². The van der Waals surface area contributed by atoms with Crippen LogP contribution in [0.25, 0.3) is 22.1 Å². The Hall–Kier alpha value is -3.74. The van der Waals surface area contributed by atoms with E-state index in [1.807, 2.05) is 38.1 Å². The average Bonchev–Trinajstić information content (AvgIpc) is 3.48. The smallest absolute Gasteiger partial charge is 0.344 e. The molecule has 162 valence electrons. The first-order chi connectivity index (χ1) is 15.5. The predicted molar refractivity (Wildman–Crippen MR) is 119 cm³/mol. The second-order valence-electron chi connectivity index (χ2n) is 8.37. The van der Waals surface area contributed by atoms with Gasteiger partial charge in [0.2, 0.25) is 5.89 Å². The van der Waals surface area contributed by atoms with Crippen molar-refractivity contribution in [1.82, 2.24) is 15.0 Å². The molecule has 0 bridgehead atoms. The van der Waals surface area contributed by atoms with Gasteiger partial charge in [-0.2, -0.15) is 4.98 Å². The molecule has 1 fully saturated rings. The van der Waals surface area contributed by atoms with Crippen LogP contribution < -0.4 is 5.63 Å². The fourth-order valence-electron chi connectivity index (χ4n) is 4.13. The minimum Gasteiger partial charge on any atom is -0.422 e. The lowest BCUT2D eigenvalue weighted by Crippen LogP contribution is -2.30. The van der Waals surface area contributed by atoms with Crippen molar-refractivity contribution in [2.45, 2.75) is 38.6 Å². The van der Waals surface area contributed by atoms with Crippen molar-refractivity contribution in [2.24, 2.45) is 0 Å². The molecule has 0 aliphatic carbocycles. The number of carbonyl (C=O) groups is 1. The fraction of sp³-hybridized carbons (Fsp3) is 0.280. The van der Waals surface area contributed by atoms with Crippen LogP contribution in [0, 0.1) is 0 Å². The molecule has 1 aliphatic rings. The summed E-state index contributed by atoms with van der Waals surface area (Å²) >= 11 is 0. The van der Waals surface area contributed by atoms with Crippen molar-refractivity contribution in [1.29, 1.82) is 0 Å². The van der Waals surface area contributed by atoms with Gasteiger partial charge in [-0.1, -0.05) is 49.3 Å². The molecule has 7 nitrogen and oxygen atoms in total. The number of amides is 1. The topological polar surface area (TPSA) is 89.4 Å². The molecule has 3 heterocycles. The maximum absolute atomic E-state index is 13.4. The van der Waals surface area contributed by atoms with Gasteiger partial charge in [-0.05, 0) is 42.7 Å². The Balaban J connectivity index is 1.47. The number of para-hydroxylation sites is 1. The normalized spacial score (nSPS) is 16.2. The highest BCUT2D eigenvalue weighted by Crippen LogP contribution is 2.33. The van der Waals surface area contributed by atoms with Gasteiger partial charge in [-0.3, -0.25) is 4.79 Å². The van der Waals surface area contributed by atoms with Crippen LogP contribution in [0.2, 0.25) is 0 Å². The largest absolute Gasteiger partial charge is 0.422 e. The maximum atomic E-state index is 13.4. The molecule has 0 unspecified atom stereocenters. The van der Waals surface area contributed by atoms with Gasteiger partial charge in [-0.25, -0.2) is 4.79 Å². The second-order valence-corrected chi connectivity index (χ2v) is 8.37. The molecule has 7 heteroatoms. The molecular formula is C25H23N3O4. The summed E-state index contributed by atoms with van der Waals surface area (Å²) in [4.78, 5) is 32.2. The molecule has 0 spiro atoms. The second kappa shape index (κ2) is 8.07. The zero-order valence-corrected chi connectivity index (χ0v) is 17.9. The third-order valence-corrected chi connectivity index (χ3v) is 5.83. The first-order valence-electron chi connectivity index (χ1n) is 10.8.